The lowest BCUT2D eigenvalue weighted by Gasteiger charge is -2.24. The number of likely N-dealkylation sites (N-methyl/N-ethyl adjacent to an activating group) is 1. The first-order valence-electron chi connectivity index (χ1n) is 12.0. The maximum atomic E-state index is 10.5. The van der Waals surface area contributed by atoms with E-state index in [1.165, 1.54) is 33.3 Å². The van der Waals surface area contributed by atoms with Crippen molar-refractivity contribution in [2.75, 3.05) is 26.2 Å². The van der Waals surface area contributed by atoms with Crippen molar-refractivity contribution in [1.82, 2.24) is 14.5 Å². The minimum atomic E-state index is -0.767. The van der Waals surface area contributed by atoms with E-state index in [1.807, 2.05) is 20.0 Å². The van der Waals surface area contributed by atoms with Crippen molar-refractivity contribution >= 4 is 10.9 Å². The first-order valence-corrected chi connectivity index (χ1v) is 12.0. The monoisotopic (exact) mass is 435 g/mol. The molecular weight excluding hydrogens is 398 g/mol. The summed E-state index contributed by atoms with van der Waals surface area (Å²) in [6.07, 6.45) is 3.83. The van der Waals surface area contributed by atoms with Crippen LogP contribution in [-0.4, -0.2) is 52.1 Å². The molecule has 2 aromatic heterocycles. The average Bonchev–Trinajstić information content (AvgIpc) is 2.91. The number of rotatable bonds is 8. The number of aliphatic hydroxyl groups is 1. The third-order valence-electron chi connectivity index (χ3n) is 6.87. The summed E-state index contributed by atoms with van der Waals surface area (Å²) in [4.78, 5) is 6.94. The predicted octanol–water partition coefficient (Wildman–Crippen LogP) is 4.60. The first-order chi connectivity index (χ1) is 15.5. The largest absolute Gasteiger partial charge is 0.368 e. The number of aromatic nitrogens is 2. The molecular formula is C27H37N3O2. The van der Waals surface area contributed by atoms with Crippen molar-refractivity contribution in [2.45, 2.75) is 65.7 Å². The van der Waals surface area contributed by atoms with Gasteiger partial charge < -0.3 is 19.3 Å². The van der Waals surface area contributed by atoms with Gasteiger partial charge in [-0.1, -0.05) is 18.6 Å². The van der Waals surface area contributed by atoms with Crippen LogP contribution in [-0.2, 0) is 24.1 Å². The van der Waals surface area contributed by atoms with E-state index in [-0.39, 0.29) is 5.92 Å². The fourth-order valence-corrected chi connectivity index (χ4v) is 5.19. The lowest BCUT2D eigenvalue weighted by Crippen LogP contribution is -2.26. The standard InChI is InChI=1S/C27H37N3O2/c1-5-29-13-10-23-24-15-19(3)7-8-25(24)30(26(23)11-14-29)18-22(17-27(31)32-6-2)21-9-12-28-20(4)16-21/h7-9,12,15-16,22,27,31H,5-6,10-11,13-14,17-18H2,1-4H3. The summed E-state index contributed by atoms with van der Waals surface area (Å²) in [7, 11) is 0. The van der Waals surface area contributed by atoms with Gasteiger partial charge in [-0.15, -0.1) is 0 Å². The first kappa shape index (κ1) is 23.0. The van der Waals surface area contributed by atoms with E-state index >= 15 is 0 Å². The molecule has 172 valence electrons. The van der Waals surface area contributed by atoms with Crippen molar-refractivity contribution in [2.24, 2.45) is 0 Å². The van der Waals surface area contributed by atoms with Gasteiger partial charge in [-0.3, -0.25) is 4.98 Å². The Morgan fingerprint density at radius 3 is 2.66 bits per heavy atom. The number of benzene rings is 1. The third-order valence-corrected chi connectivity index (χ3v) is 6.87. The number of aliphatic hydroxyl groups excluding tert-OH is 1. The molecule has 5 nitrogen and oxygen atoms in total. The number of hydrogen-bond donors (Lipinski definition) is 1. The molecule has 0 aliphatic carbocycles. The number of hydrogen-bond acceptors (Lipinski definition) is 4. The van der Waals surface area contributed by atoms with Crippen LogP contribution in [0.15, 0.2) is 36.5 Å². The van der Waals surface area contributed by atoms with Crippen LogP contribution in [0.25, 0.3) is 10.9 Å². The highest BCUT2D eigenvalue weighted by molar-refractivity contribution is 5.86. The Balaban J connectivity index is 1.77. The Morgan fingerprint density at radius 1 is 1.09 bits per heavy atom. The van der Waals surface area contributed by atoms with Crippen LogP contribution in [0.3, 0.4) is 0 Å². The molecule has 4 rings (SSSR count). The molecule has 2 unspecified atom stereocenters. The highest BCUT2D eigenvalue weighted by Crippen LogP contribution is 2.34. The molecule has 0 saturated carbocycles. The molecule has 5 heteroatoms. The van der Waals surface area contributed by atoms with E-state index in [4.69, 9.17) is 4.74 Å². The van der Waals surface area contributed by atoms with Crippen molar-refractivity contribution in [1.29, 1.82) is 0 Å². The molecule has 0 amide bonds. The van der Waals surface area contributed by atoms with E-state index in [2.05, 4.69) is 58.6 Å². The second-order valence-corrected chi connectivity index (χ2v) is 9.06. The summed E-state index contributed by atoms with van der Waals surface area (Å²) < 4.78 is 8.06. The Bertz CT molecular complexity index is 1060. The summed E-state index contributed by atoms with van der Waals surface area (Å²) in [5, 5.41) is 11.9. The van der Waals surface area contributed by atoms with Crippen LogP contribution in [0.4, 0.5) is 0 Å². The minimum Gasteiger partial charge on any atom is -0.368 e. The van der Waals surface area contributed by atoms with Crippen molar-refractivity contribution < 1.29 is 9.84 Å². The zero-order valence-electron chi connectivity index (χ0n) is 20.0. The Labute approximate surface area is 192 Å². The van der Waals surface area contributed by atoms with Crippen LogP contribution in [0.1, 0.15) is 54.3 Å². The van der Waals surface area contributed by atoms with E-state index in [1.54, 1.807) is 0 Å². The number of nitrogens with zero attached hydrogens (tertiary/aromatic N) is 3. The molecule has 1 aliphatic heterocycles. The molecule has 1 N–H and O–H groups in total. The van der Waals surface area contributed by atoms with E-state index in [9.17, 15) is 5.11 Å². The van der Waals surface area contributed by atoms with Crippen LogP contribution in [0, 0.1) is 13.8 Å². The van der Waals surface area contributed by atoms with E-state index in [0.717, 1.165) is 44.7 Å². The van der Waals surface area contributed by atoms with Gasteiger partial charge in [-0.2, -0.15) is 0 Å². The Hall–Kier alpha value is -2.21. The number of pyridine rings is 1. The summed E-state index contributed by atoms with van der Waals surface area (Å²) in [5.74, 6) is 0.143. The van der Waals surface area contributed by atoms with E-state index in [0.29, 0.717) is 13.0 Å². The summed E-state index contributed by atoms with van der Waals surface area (Å²) in [6, 6.07) is 11.1. The third kappa shape index (κ3) is 4.90. The summed E-state index contributed by atoms with van der Waals surface area (Å²) in [5.41, 5.74) is 7.80. The maximum absolute atomic E-state index is 10.5. The van der Waals surface area contributed by atoms with Gasteiger partial charge in [-0.25, -0.2) is 0 Å². The lowest BCUT2D eigenvalue weighted by molar-refractivity contribution is -0.102. The quantitative estimate of drug-likeness (QED) is 0.525. The molecule has 32 heavy (non-hydrogen) atoms. The minimum absolute atomic E-state index is 0.143. The molecule has 3 heterocycles. The zero-order valence-corrected chi connectivity index (χ0v) is 20.0. The molecule has 1 aromatic carbocycles. The summed E-state index contributed by atoms with van der Waals surface area (Å²) >= 11 is 0. The predicted molar refractivity (Wildman–Crippen MR) is 130 cm³/mol. The fourth-order valence-electron chi connectivity index (χ4n) is 5.19. The van der Waals surface area contributed by atoms with Gasteiger partial charge in [0.2, 0.25) is 0 Å². The van der Waals surface area contributed by atoms with Gasteiger partial charge in [0.15, 0.2) is 6.29 Å². The highest BCUT2D eigenvalue weighted by Gasteiger charge is 2.25. The fraction of sp³-hybridized carbons (Fsp3) is 0.519. The molecule has 0 fully saturated rings. The van der Waals surface area contributed by atoms with Gasteiger partial charge in [0.25, 0.3) is 0 Å². The topological polar surface area (TPSA) is 50.5 Å². The van der Waals surface area contributed by atoms with Crippen LogP contribution < -0.4 is 0 Å². The number of aryl methyl sites for hydroxylation is 2. The highest BCUT2D eigenvalue weighted by atomic mass is 16.6. The van der Waals surface area contributed by atoms with Crippen LogP contribution in [0.2, 0.25) is 0 Å². The van der Waals surface area contributed by atoms with Crippen molar-refractivity contribution in [3.63, 3.8) is 0 Å². The molecule has 0 spiro atoms. The Morgan fingerprint density at radius 2 is 1.91 bits per heavy atom. The maximum Gasteiger partial charge on any atom is 0.155 e. The van der Waals surface area contributed by atoms with Gasteiger partial charge in [0, 0.05) is 73.5 Å². The summed E-state index contributed by atoms with van der Waals surface area (Å²) in [6.45, 7) is 13.0. The molecule has 3 aromatic rings. The van der Waals surface area contributed by atoms with Gasteiger partial charge >= 0.3 is 0 Å². The van der Waals surface area contributed by atoms with Crippen LogP contribution in [0.5, 0.6) is 0 Å². The molecule has 0 saturated heterocycles. The molecule has 0 bridgehead atoms. The average molecular weight is 436 g/mol. The normalized spacial score (nSPS) is 16.7. The molecule has 2 atom stereocenters. The molecule has 0 radical (unpaired) electrons. The van der Waals surface area contributed by atoms with Gasteiger partial charge in [0.1, 0.15) is 0 Å². The lowest BCUT2D eigenvalue weighted by atomic mass is 9.95. The van der Waals surface area contributed by atoms with Crippen molar-refractivity contribution in [3.8, 4) is 0 Å². The van der Waals surface area contributed by atoms with E-state index < -0.39 is 6.29 Å². The van der Waals surface area contributed by atoms with Crippen molar-refractivity contribution in [3.05, 3.63) is 64.6 Å². The SMILES string of the molecule is CCOC(O)CC(Cn1c2c(c3cc(C)ccc31)CCN(CC)CC2)c1ccnc(C)c1. The Kier molecular flexibility index (Phi) is 7.29. The zero-order chi connectivity index (χ0) is 22.7. The number of fused-ring (bicyclic) bond motifs is 3. The second kappa shape index (κ2) is 10.2. The van der Waals surface area contributed by atoms with Crippen LogP contribution >= 0.6 is 0 Å². The van der Waals surface area contributed by atoms with Gasteiger partial charge in [-0.05, 0) is 69.1 Å². The second-order valence-electron chi connectivity index (χ2n) is 9.06. The van der Waals surface area contributed by atoms with Gasteiger partial charge in [0.05, 0.1) is 0 Å². The molecule has 1 aliphatic rings. The number of ether oxygens (including phenoxy) is 1. The smallest absolute Gasteiger partial charge is 0.155 e.